The molecule has 0 heterocycles. The monoisotopic (exact) mass is 431 g/mol. The van der Waals surface area contributed by atoms with Crippen LogP contribution in [0.25, 0.3) is 0 Å². The Hall–Kier alpha value is 2.37. The van der Waals surface area contributed by atoms with Gasteiger partial charge in [0.05, 0.1) is 0 Å². The maximum atomic E-state index is 8.55. The Kier molecular flexibility index (Phi) is 41.6. The quantitative estimate of drug-likeness (QED) is 0.256. The fourth-order valence-electron chi connectivity index (χ4n) is 0. The largest absolute Gasteiger partial charge is 4.00 e. The van der Waals surface area contributed by atoms with Crippen molar-refractivity contribution < 1.29 is 121 Å². The predicted molar refractivity (Wildman–Crippen MR) is 26.1 cm³/mol. The Balaban J connectivity index is -0.0000000206. The van der Waals surface area contributed by atoms with Crippen molar-refractivity contribution in [1.29, 1.82) is 0 Å². The number of hydrogen-bond donors (Lipinski definition) is 0. The molecule has 0 unspecified atom stereocenters. The Labute approximate surface area is 151 Å². The van der Waals surface area contributed by atoms with Crippen LogP contribution in [0.5, 0.6) is 0 Å². The molecule has 0 aromatic heterocycles. The van der Waals surface area contributed by atoms with Crippen molar-refractivity contribution in [2.24, 2.45) is 0 Å². The Morgan fingerprint density at radius 3 is 0.526 bits per heavy atom. The average Bonchev–Trinajstić information content (AvgIpc) is 1.41. The standard InChI is InChI=1S/C.Fe.Mn.Na.3H3O4P/c;;;;3*1-5(2,3)4/h;;;;3*(H3,1,2,3,4)/q+4;2*+2;+1;;;/p-9. The summed E-state index contributed by atoms with van der Waals surface area (Å²) in [5.74, 6) is 0. The van der Waals surface area contributed by atoms with Crippen molar-refractivity contribution in [2.45, 2.75) is 0 Å². The van der Waals surface area contributed by atoms with Crippen LogP contribution in [0, 0.1) is 7.43 Å². The Bertz CT molecular complexity index is 219. The minimum atomic E-state index is -5.39. The fraction of sp³-hybridized carbons (Fsp3) is 0. The summed E-state index contributed by atoms with van der Waals surface area (Å²) in [6.45, 7) is 0. The first kappa shape index (κ1) is 42.9. The third-order valence-corrected chi connectivity index (χ3v) is 0. The molecule has 107 valence electrons. The third kappa shape index (κ3) is 1220. The van der Waals surface area contributed by atoms with Crippen LogP contribution in [0.1, 0.15) is 0 Å². The second-order valence-corrected chi connectivity index (χ2v) is 4.02. The van der Waals surface area contributed by atoms with Crippen LogP contribution in [0.15, 0.2) is 0 Å². The van der Waals surface area contributed by atoms with Gasteiger partial charge in [0, 0.05) is 0 Å². The van der Waals surface area contributed by atoms with Crippen LogP contribution in [-0.4, -0.2) is 0 Å². The van der Waals surface area contributed by atoms with E-state index in [4.69, 9.17) is 57.7 Å². The average molecular weight is 431 g/mol. The Morgan fingerprint density at radius 2 is 0.526 bits per heavy atom. The van der Waals surface area contributed by atoms with Gasteiger partial charge in [0.25, 0.3) is 0 Å². The van der Waals surface area contributed by atoms with Gasteiger partial charge >= 0.3 is 71.1 Å². The summed E-state index contributed by atoms with van der Waals surface area (Å²) in [5.41, 5.74) is 0. The smallest absolute Gasteiger partial charge is 0.822 e. The first-order valence-electron chi connectivity index (χ1n) is 2.19. The van der Waals surface area contributed by atoms with E-state index in [0.29, 0.717) is 0 Å². The van der Waals surface area contributed by atoms with Gasteiger partial charge in [-0.3, -0.25) is 0 Å². The maximum Gasteiger partial charge on any atom is 4.00 e. The molecular formula is CFeMnNaO12P3. The van der Waals surface area contributed by atoms with Crippen molar-refractivity contribution in [3.05, 3.63) is 7.43 Å². The fourth-order valence-corrected chi connectivity index (χ4v) is 0. The molecule has 0 aromatic rings. The molecule has 0 spiro atoms. The molecule has 0 atom stereocenters. The van der Waals surface area contributed by atoms with Gasteiger partial charge in [-0.1, -0.05) is 0 Å². The van der Waals surface area contributed by atoms with Gasteiger partial charge in [-0.2, -0.15) is 23.5 Å². The molecule has 18 heteroatoms. The molecule has 0 aliphatic rings. The molecule has 0 amide bonds. The molecular weight excluding hydrogens is 431 g/mol. The molecule has 0 aromatic carbocycles. The second-order valence-electron chi connectivity index (χ2n) is 1.34. The van der Waals surface area contributed by atoms with E-state index in [0.717, 1.165) is 0 Å². The second kappa shape index (κ2) is 18.4. The van der Waals surface area contributed by atoms with Gasteiger partial charge in [0.2, 0.25) is 0 Å². The van der Waals surface area contributed by atoms with Crippen LogP contribution in [0.4, 0.5) is 0 Å². The van der Waals surface area contributed by atoms with E-state index in [9.17, 15) is 0 Å². The molecule has 0 rings (SSSR count). The molecule has 0 N–H and O–H groups in total. The molecule has 0 saturated heterocycles. The van der Waals surface area contributed by atoms with Crippen LogP contribution in [0.3, 0.4) is 0 Å². The van der Waals surface area contributed by atoms with E-state index in [-0.39, 0.29) is 71.1 Å². The maximum absolute atomic E-state index is 8.55. The molecule has 12 nitrogen and oxygen atoms in total. The van der Waals surface area contributed by atoms with Gasteiger partial charge < -0.3 is 57.7 Å². The van der Waals surface area contributed by atoms with Crippen molar-refractivity contribution in [1.82, 2.24) is 0 Å². The van der Waals surface area contributed by atoms with Crippen LogP contribution < -0.4 is 73.6 Å². The van der Waals surface area contributed by atoms with Crippen LogP contribution in [0.2, 0.25) is 0 Å². The molecule has 0 saturated carbocycles. The van der Waals surface area contributed by atoms with E-state index in [1.165, 1.54) is 0 Å². The summed E-state index contributed by atoms with van der Waals surface area (Å²) in [4.78, 5) is 76.9. The predicted octanol–water partition coefficient (Wildman–Crippen LogP) is -11.4. The van der Waals surface area contributed by atoms with Gasteiger partial charge in [-0.25, -0.2) is 0 Å². The first-order chi connectivity index (χ1) is 6.00. The van der Waals surface area contributed by atoms with E-state index in [1.54, 1.807) is 0 Å². The normalized spacial score (nSPS) is 9.32. The molecule has 0 bridgehead atoms. The minimum absolute atomic E-state index is 0. The molecule has 1 radical (unpaired) electrons. The Morgan fingerprint density at radius 1 is 0.526 bits per heavy atom. The zero-order chi connectivity index (χ0) is 13.5. The van der Waals surface area contributed by atoms with E-state index in [2.05, 4.69) is 0 Å². The number of hydrogen-bond acceptors (Lipinski definition) is 12. The van der Waals surface area contributed by atoms with Gasteiger partial charge in [-0.05, 0) is 0 Å². The summed E-state index contributed by atoms with van der Waals surface area (Å²) in [7, 11) is -16.2. The van der Waals surface area contributed by atoms with Crippen molar-refractivity contribution in [2.75, 3.05) is 0 Å². The van der Waals surface area contributed by atoms with Crippen LogP contribution >= 0.6 is 23.5 Å². The van der Waals surface area contributed by atoms with E-state index in [1.807, 2.05) is 0 Å². The van der Waals surface area contributed by atoms with Gasteiger partial charge in [0.1, 0.15) is 0 Å². The van der Waals surface area contributed by atoms with E-state index >= 15 is 0 Å². The third-order valence-electron chi connectivity index (χ3n) is 0. The summed E-state index contributed by atoms with van der Waals surface area (Å²) < 4.78 is 25.6. The summed E-state index contributed by atoms with van der Waals surface area (Å²) >= 11 is 0. The zero-order valence-electron chi connectivity index (χ0n) is 8.47. The molecule has 0 aliphatic heterocycles. The molecule has 0 fully saturated rings. The number of rotatable bonds is 0. The van der Waals surface area contributed by atoms with Gasteiger partial charge in [0.15, 0.2) is 0 Å². The molecule has 0 aliphatic carbocycles. The summed E-state index contributed by atoms with van der Waals surface area (Å²) in [6.07, 6.45) is 0. The van der Waals surface area contributed by atoms with Crippen molar-refractivity contribution in [3.8, 4) is 0 Å². The minimum Gasteiger partial charge on any atom is -0.822 e. The summed E-state index contributed by atoms with van der Waals surface area (Å²) in [6, 6.07) is 0. The topological polar surface area (TPSA) is 259 Å². The van der Waals surface area contributed by atoms with Crippen molar-refractivity contribution >= 4 is 23.5 Å². The SMILES string of the molecule is O=P([O-])([O-])[O-].O=P([O-])([O-])[O-].O=P([O-])([O-])[O-].[C+4].[Fe+2].[Mn+2].[Na+]. The first-order valence-corrected chi connectivity index (χ1v) is 6.57. The molecule has 19 heavy (non-hydrogen) atoms. The summed E-state index contributed by atoms with van der Waals surface area (Å²) in [5, 5.41) is 0. The van der Waals surface area contributed by atoms with Crippen molar-refractivity contribution in [3.63, 3.8) is 0 Å². The number of phosphoric acid groups is 3. The zero-order valence-corrected chi connectivity index (χ0v) is 15.4. The van der Waals surface area contributed by atoms with Gasteiger partial charge in [-0.15, -0.1) is 0 Å². The van der Waals surface area contributed by atoms with Crippen LogP contribution in [-0.2, 0) is 47.8 Å². The van der Waals surface area contributed by atoms with E-state index < -0.39 is 23.5 Å².